The van der Waals surface area contributed by atoms with Crippen LogP contribution >= 0.6 is 0 Å². The van der Waals surface area contributed by atoms with E-state index in [2.05, 4.69) is 27.4 Å². The maximum absolute atomic E-state index is 11.5. The molecule has 0 fully saturated rings. The largest absolute Gasteiger partial charge is 0.459 e. The molecule has 0 aliphatic rings. The van der Waals surface area contributed by atoms with Gasteiger partial charge in [-0.2, -0.15) is 0 Å². The maximum atomic E-state index is 11.5. The summed E-state index contributed by atoms with van der Waals surface area (Å²) >= 11 is 0. The van der Waals surface area contributed by atoms with Crippen LogP contribution in [0.1, 0.15) is 47.5 Å². The first kappa shape index (κ1) is 14.2. The van der Waals surface area contributed by atoms with Crippen molar-refractivity contribution in [1.82, 2.24) is 0 Å². The zero-order valence-electron chi connectivity index (χ0n) is 10.7. The molecule has 0 N–H and O–H groups in total. The molecule has 0 aromatic heterocycles. The molecule has 0 saturated carbocycles. The zero-order valence-corrected chi connectivity index (χ0v) is 10.7. The molecule has 2 nitrogen and oxygen atoms in total. The molecule has 0 aliphatic heterocycles. The van der Waals surface area contributed by atoms with Gasteiger partial charge in [-0.15, -0.1) is 0 Å². The second-order valence-corrected chi connectivity index (χ2v) is 4.67. The van der Waals surface area contributed by atoms with E-state index < -0.39 is 0 Å². The van der Waals surface area contributed by atoms with Crippen LogP contribution < -0.4 is 0 Å². The first-order valence-corrected chi connectivity index (χ1v) is 5.77. The minimum atomic E-state index is -0.249. The molecule has 88 valence electrons. The first-order valence-electron chi connectivity index (χ1n) is 5.77. The molecule has 0 radical (unpaired) electrons. The zero-order chi connectivity index (χ0) is 12.0. The van der Waals surface area contributed by atoms with Crippen LogP contribution in [-0.4, -0.2) is 12.1 Å². The highest BCUT2D eigenvalue weighted by molar-refractivity contribution is 5.87. The van der Waals surface area contributed by atoms with E-state index in [0.717, 1.165) is 6.42 Å². The Morgan fingerprint density at radius 2 is 1.80 bits per heavy atom. The number of hydrogen-bond acceptors (Lipinski definition) is 2. The Morgan fingerprint density at radius 1 is 1.27 bits per heavy atom. The molecule has 0 rings (SSSR count). The Kier molecular flexibility index (Phi) is 6.30. The van der Waals surface area contributed by atoms with Crippen molar-refractivity contribution >= 4 is 5.97 Å². The summed E-state index contributed by atoms with van der Waals surface area (Å²) in [7, 11) is 0. The van der Waals surface area contributed by atoms with E-state index in [1.54, 1.807) is 0 Å². The lowest BCUT2D eigenvalue weighted by Gasteiger charge is -2.22. The summed E-state index contributed by atoms with van der Waals surface area (Å²) in [6, 6.07) is 0. The number of rotatable bonds is 6. The van der Waals surface area contributed by atoms with Crippen LogP contribution in [0.2, 0.25) is 0 Å². The third kappa shape index (κ3) is 5.60. The van der Waals surface area contributed by atoms with E-state index in [1.807, 2.05) is 13.8 Å². The lowest BCUT2D eigenvalue weighted by Crippen LogP contribution is -2.23. The molecule has 0 bridgehead atoms. The lowest BCUT2D eigenvalue weighted by atomic mass is 9.95. The third-order valence-electron chi connectivity index (χ3n) is 2.65. The van der Waals surface area contributed by atoms with Gasteiger partial charge in [0.15, 0.2) is 0 Å². The van der Waals surface area contributed by atoms with Crippen molar-refractivity contribution in [1.29, 1.82) is 0 Å². The molecular weight excluding hydrogens is 188 g/mol. The van der Waals surface area contributed by atoms with E-state index >= 15 is 0 Å². The van der Waals surface area contributed by atoms with E-state index in [4.69, 9.17) is 4.74 Å². The molecule has 0 amide bonds. The number of hydrogen-bond donors (Lipinski definition) is 0. The molecule has 2 atom stereocenters. The van der Waals surface area contributed by atoms with Gasteiger partial charge in [-0.25, -0.2) is 4.79 Å². The van der Waals surface area contributed by atoms with Crippen LogP contribution in [0, 0.1) is 11.8 Å². The molecule has 15 heavy (non-hydrogen) atoms. The van der Waals surface area contributed by atoms with Gasteiger partial charge in [-0.3, -0.25) is 0 Å². The fourth-order valence-corrected chi connectivity index (χ4v) is 1.45. The Labute approximate surface area is 93.7 Å². The Hall–Kier alpha value is -0.790. The van der Waals surface area contributed by atoms with Crippen LogP contribution in [0.3, 0.4) is 0 Å². The van der Waals surface area contributed by atoms with E-state index in [0.29, 0.717) is 23.8 Å². The predicted molar refractivity (Wildman–Crippen MR) is 63.6 cm³/mol. The normalized spacial score (nSPS) is 14.8. The maximum Gasteiger partial charge on any atom is 0.333 e. The van der Waals surface area contributed by atoms with Crippen molar-refractivity contribution in [2.75, 3.05) is 0 Å². The summed E-state index contributed by atoms with van der Waals surface area (Å²) in [4.78, 5) is 11.5. The molecule has 0 aliphatic carbocycles. The van der Waals surface area contributed by atoms with Crippen molar-refractivity contribution < 1.29 is 9.53 Å². The Bertz CT molecular complexity index is 219. The highest BCUT2D eigenvalue weighted by Gasteiger charge is 2.18. The first-order chi connectivity index (χ1) is 6.88. The average molecular weight is 212 g/mol. The van der Waals surface area contributed by atoms with Gasteiger partial charge in [-0.1, -0.05) is 34.3 Å². The van der Waals surface area contributed by atoms with Crippen LogP contribution in [0.4, 0.5) is 0 Å². The summed E-state index contributed by atoms with van der Waals surface area (Å²) in [6.07, 6.45) is 1.71. The highest BCUT2D eigenvalue weighted by Crippen LogP contribution is 2.18. The fraction of sp³-hybridized carbons (Fsp3) is 0.769. The van der Waals surface area contributed by atoms with Gasteiger partial charge >= 0.3 is 5.97 Å². The highest BCUT2D eigenvalue weighted by atomic mass is 16.5. The van der Waals surface area contributed by atoms with Gasteiger partial charge < -0.3 is 4.74 Å². The summed E-state index contributed by atoms with van der Waals surface area (Å²) < 4.78 is 5.33. The van der Waals surface area contributed by atoms with Crippen molar-refractivity contribution in [2.45, 2.75) is 53.6 Å². The smallest absolute Gasteiger partial charge is 0.333 e. The van der Waals surface area contributed by atoms with Gasteiger partial charge in [-0.05, 0) is 31.6 Å². The van der Waals surface area contributed by atoms with Crippen LogP contribution in [0.5, 0.6) is 0 Å². The minimum Gasteiger partial charge on any atom is -0.459 e. The molecule has 0 spiro atoms. The van der Waals surface area contributed by atoms with Gasteiger partial charge in [0, 0.05) is 5.57 Å². The van der Waals surface area contributed by atoms with Gasteiger partial charge in [0.25, 0.3) is 0 Å². The Morgan fingerprint density at radius 3 is 2.20 bits per heavy atom. The number of carbonyl (C=O) groups is 1. The second kappa shape index (κ2) is 6.65. The standard InChI is InChI=1S/C13H24O2/c1-7-10(4)13(14)15-12(6)11(5)8-9(2)3/h9,11-12H,4,7-8H2,1-3,5-6H3. The van der Waals surface area contributed by atoms with Crippen LogP contribution in [-0.2, 0) is 9.53 Å². The topological polar surface area (TPSA) is 26.3 Å². The third-order valence-corrected chi connectivity index (χ3v) is 2.65. The summed E-state index contributed by atoms with van der Waals surface area (Å²) in [5.41, 5.74) is 0.554. The van der Waals surface area contributed by atoms with Crippen molar-refractivity contribution in [2.24, 2.45) is 11.8 Å². The fourth-order valence-electron chi connectivity index (χ4n) is 1.45. The lowest BCUT2D eigenvalue weighted by molar-refractivity contribution is -0.146. The van der Waals surface area contributed by atoms with E-state index in [9.17, 15) is 4.79 Å². The number of ether oxygens (including phenoxy) is 1. The van der Waals surface area contributed by atoms with Crippen molar-refractivity contribution in [3.63, 3.8) is 0 Å². The quantitative estimate of drug-likeness (QED) is 0.497. The van der Waals surface area contributed by atoms with Crippen LogP contribution in [0.25, 0.3) is 0 Å². The molecule has 0 aromatic rings. The van der Waals surface area contributed by atoms with Crippen LogP contribution in [0.15, 0.2) is 12.2 Å². The minimum absolute atomic E-state index is 0.0248. The molecule has 2 unspecified atom stereocenters. The van der Waals surface area contributed by atoms with Gasteiger partial charge in [0.1, 0.15) is 6.10 Å². The van der Waals surface area contributed by atoms with Gasteiger partial charge in [0.2, 0.25) is 0 Å². The molecule has 2 heteroatoms. The monoisotopic (exact) mass is 212 g/mol. The summed E-state index contributed by atoms with van der Waals surface area (Å²) in [5, 5.41) is 0. The number of carbonyl (C=O) groups excluding carboxylic acids is 1. The van der Waals surface area contributed by atoms with Crippen molar-refractivity contribution in [3.8, 4) is 0 Å². The van der Waals surface area contributed by atoms with E-state index in [-0.39, 0.29) is 12.1 Å². The molecule has 0 heterocycles. The summed E-state index contributed by atoms with van der Waals surface area (Å²) in [5.74, 6) is 0.787. The molecular formula is C13H24O2. The SMILES string of the molecule is C=C(CC)C(=O)OC(C)C(C)CC(C)C. The molecule has 0 aromatic carbocycles. The van der Waals surface area contributed by atoms with Crippen molar-refractivity contribution in [3.05, 3.63) is 12.2 Å². The summed E-state index contributed by atoms with van der Waals surface area (Å²) in [6.45, 7) is 14.0. The molecule has 0 saturated heterocycles. The van der Waals surface area contributed by atoms with E-state index in [1.165, 1.54) is 0 Å². The second-order valence-electron chi connectivity index (χ2n) is 4.67. The van der Waals surface area contributed by atoms with Gasteiger partial charge in [0.05, 0.1) is 0 Å². The average Bonchev–Trinajstić information content (AvgIpc) is 2.15. The number of esters is 1. The Balaban J connectivity index is 4.06. The predicted octanol–water partition coefficient (Wildman–Crippen LogP) is 3.57.